The number of anilines is 1. The average molecular weight is 520 g/mol. The second-order valence-corrected chi connectivity index (χ2v) is 11.6. The fourth-order valence-corrected chi connectivity index (χ4v) is 5.39. The highest BCUT2D eigenvalue weighted by atomic mass is 32.2. The third-order valence-corrected chi connectivity index (χ3v) is 7.52. The Morgan fingerprint density at radius 1 is 1.11 bits per heavy atom. The monoisotopic (exact) mass is 519 g/mol. The van der Waals surface area contributed by atoms with Crippen LogP contribution in [-0.4, -0.2) is 53.4 Å². The smallest absolute Gasteiger partial charge is 0.422 e. The van der Waals surface area contributed by atoms with E-state index in [-0.39, 0.29) is 25.0 Å². The number of halogens is 1. The number of aromatic nitrogens is 1. The molecule has 4 rings (SSSR count). The first-order valence-electron chi connectivity index (χ1n) is 11.7. The Labute approximate surface area is 210 Å². The zero-order chi connectivity index (χ0) is 26.1. The van der Waals surface area contributed by atoms with Crippen LogP contribution in [0.5, 0.6) is 0 Å². The Hall–Kier alpha value is -3.25. The third-order valence-electron chi connectivity index (χ3n) is 6.05. The van der Waals surface area contributed by atoms with Gasteiger partial charge < -0.3 is 15.0 Å². The van der Waals surface area contributed by atoms with Crippen LogP contribution in [0.4, 0.5) is 19.7 Å². The Morgan fingerprint density at radius 2 is 1.78 bits per heavy atom. The van der Waals surface area contributed by atoms with Gasteiger partial charge in [-0.05, 0) is 68.9 Å². The van der Waals surface area contributed by atoms with Crippen molar-refractivity contribution in [1.82, 2.24) is 18.9 Å². The summed E-state index contributed by atoms with van der Waals surface area (Å²) in [6.45, 7) is 6.14. The summed E-state index contributed by atoms with van der Waals surface area (Å²) >= 11 is 0. The van der Waals surface area contributed by atoms with Gasteiger partial charge in [0, 0.05) is 25.3 Å². The van der Waals surface area contributed by atoms with Crippen LogP contribution in [0, 0.1) is 5.82 Å². The Morgan fingerprint density at radius 3 is 2.42 bits per heavy atom. The van der Waals surface area contributed by atoms with Gasteiger partial charge in [-0.1, -0.05) is 12.1 Å². The number of fused-ring (bicyclic) bond motifs is 1. The average Bonchev–Trinajstić information content (AvgIpc) is 3.21. The van der Waals surface area contributed by atoms with Gasteiger partial charge in [0.05, 0.1) is 18.4 Å². The summed E-state index contributed by atoms with van der Waals surface area (Å²) < 4.78 is 46.7. The number of hydrogen-bond donors (Lipinski definition) is 2. The SMILES string of the molecule is CC(C)(C)OC(=O)NS(=O)(=O)N1CCC(c2ccc(NC(=O)N3Cc4cc(F)cnc4C3)cc2)CC1. The van der Waals surface area contributed by atoms with Gasteiger partial charge in [-0.2, -0.15) is 12.7 Å². The normalized spacial score (nSPS) is 16.9. The number of pyridine rings is 1. The van der Waals surface area contributed by atoms with E-state index < -0.39 is 27.7 Å². The Bertz CT molecular complexity index is 1240. The maximum absolute atomic E-state index is 13.4. The summed E-state index contributed by atoms with van der Waals surface area (Å²) in [6.07, 6.45) is 1.34. The molecule has 1 saturated heterocycles. The zero-order valence-corrected chi connectivity index (χ0v) is 21.3. The lowest BCUT2D eigenvalue weighted by atomic mass is 9.90. The predicted octanol–water partition coefficient (Wildman–Crippen LogP) is 3.72. The number of hydrogen-bond acceptors (Lipinski definition) is 6. The van der Waals surface area contributed by atoms with Gasteiger partial charge in [-0.15, -0.1) is 0 Å². The van der Waals surface area contributed by atoms with Gasteiger partial charge in [-0.25, -0.2) is 18.7 Å². The highest BCUT2D eigenvalue weighted by Gasteiger charge is 2.31. The van der Waals surface area contributed by atoms with Crippen molar-refractivity contribution in [2.45, 2.75) is 58.2 Å². The van der Waals surface area contributed by atoms with Crippen LogP contribution in [0.3, 0.4) is 0 Å². The van der Waals surface area contributed by atoms with Gasteiger partial charge in [0.1, 0.15) is 11.4 Å². The second kappa shape index (κ2) is 10.0. The molecule has 3 amide bonds. The molecule has 10 nitrogen and oxygen atoms in total. The van der Waals surface area contributed by atoms with E-state index in [1.807, 2.05) is 29.0 Å². The van der Waals surface area contributed by atoms with Crippen molar-refractivity contribution >= 4 is 28.0 Å². The molecule has 3 heterocycles. The van der Waals surface area contributed by atoms with Crippen LogP contribution in [0.1, 0.15) is 56.4 Å². The zero-order valence-electron chi connectivity index (χ0n) is 20.5. The van der Waals surface area contributed by atoms with Crippen molar-refractivity contribution in [3.63, 3.8) is 0 Å². The number of carbonyl (C=O) groups excluding carboxylic acids is 2. The van der Waals surface area contributed by atoms with E-state index in [0.717, 1.165) is 11.8 Å². The van der Waals surface area contributed by atoms with E-state index in [0.29, 0.717) is 42.9 Å². The molecule has 1 aromatic carbocycles. The first-order chi connectivity index (χ1) is 16.9. The number of benzene rings is 1. The van der Waals surface area contributed by atoms with Gasteiger partial charge in [-0.3, -0.25) is 4.98 Å². The van der Waals surface area contributed by atoms with Crippen LogP contribution < -0.4 is 10.0 Å². The molecule has 0 unspecified atom stereocenters. The first-order valence-corrected chi connectivity index (χ1v) is 13.1. The van der Waals surface area contributed by atoms with Gasteiger partial charge in [0.2, 0.25) is 0 Å². The van der Waals surface area contributed by atoms with E-state index in [1.165, 1.54) is 10.4 Å². The molecule has 0 spiro atoms. The topological polar surface area (TPSA) is 121 Å². The molecule has 2 aromatic rings. The molecule has 0 bridgehead atoms. The number of ether oxygens (including phenoxy) is 1. The molecule has 1 aromatic heterocycles. The lowest BCUT2D eigenvalue weighted by Crippen LogP contribution is -2.47. The highest BCUT2D eigenvalue weighted by molar-refractivity contribution is 7.87. The number of amides is 3. The molecule has 12 heteroatoms. The molecule has 0 saturated carbocycles. The molecule has 0 radical (unpaired) electrons. The lowest BCUT2D eigenvalue weighted by Gasteiger charge is -2.31. The number of piperidine rings is 1. The van der Waals surface area contributed by atoms with Crippen LogP contribution in [-0.2, 0) is 28.0 Å². The maximum Gasteiger partial charge on any atom is 0.422 e. The van der Waals surface area contributed by atoms with Crippen molar-refractivity contribution in [3.8, 4) is 0 Å². The Kier molecular flexibility index (Phi) is 7.19. The van der Waals surface area contributed by atoms with Gasteiger partial charge >= 0.3 is 22.3 Å². The third kappa shape index (κ3) is 6.30. The summed E-state index contributed by atoms with van der Waals surface area (Å²) in [7, 11) is -3.98. The van der Waals surface area contributed by atoms with Crippen molar-refractivity contribution in [2.75, 3.05) is 18.4 Å². The number of nitrogens with zero attached hydrogens (tertiary/aromatic N) is 3. The molecule has 2 aliphatic rings. The fraction of sp³-hybridized carbons (Fsp3) is 0.458. The van der Waals surface area contributed by atoms with E-state index in [4.69, 9.17) is 4.74 Å². The maximum atomic E-state index is 13.4. The summed E-state index contributed by atoms with van der Waals surface area (Å²) in [5.74, 6) is -0.272. The Balaban J connectivity index is 1.28. The molecular formula is C24H30FN5O5S. The second-order valence-electron chi connectivity index (χ2n) is 9.95. The molecule has 194 valence electrons. The van der Waals surface area contributed by atoms with Gasteiger partial charge in [0.15, 0.2) is 0 Å². The van der Waals surface area contributed by atoms with Crippen molar-refractivity contribution in [1.29, 1.82) is 0 Å². The summed E-state index contributed by atoms with van der Waals surface area (Å²) in [5.41, 5.74) is 2.26. The minimum Gasteiger partial charge on any atom is -0.443 e. The van der Waals surface area contributed by atoms with Crippen molar-refractivity contribution in [2.24, 2.45) is 0 Å². The summed E-state index contributed by atoms with van der Waals surface area (Å²) in [5, 5.41) is 2.85. The van der Waals surface area contributed by atoms with E-state index >= 15 is 0 Å². The van der Waals surface area contributed by atoms with Gasteiger partial charge in [0.25, 0.3) is 0 Å². The quantitative estimate of drug-likeness (QED) is 0.635. The predicted molar refractivity (Wildman–Crippen MR) is 131 cm³/mol. The molecule has 1 fully saturated rings. The number of rotatable bonds is 4. The fourth-order valence-electron chi connectivity index (χ4n) is 4.31. The minimum atomic E-state index is -3.98. The van der Waals surface area contributed by atoms with E-state index in [2.05, 4.69) is 10.3 Å². The number of carbonyl (C=O) groups is 2. The number of urea groups is 1. The molecule has 0 atom stereocenters. The number of nitrogens with one attached hydrogen (secondary N) is 2. The highest BCUT2D eigenvalue weighted by Crippen LogP contribution is 2.30. The molecule has 36 heavy (non-hydrogen) atoms. The summed E-state index contributed by atoms with van der Waals surface area (Å²) in [4.78, 5) is 30.1. The molecule has 2 aliphatic heterocycles. The van der Waals surface area contributed by atoms with Crippen molar-refractivity contribution < 1.29 is 27.1 Å². The molecule has 0 aliphatic carbocycles. The standard InChI is InChI=1S/C24H30FN5O5S/c1-24(2,3)35-23(32)28-36(33,34)30-10-8-17(9-11-30)16-4-6-20(7-5-16)27-22(31)29-14-18-12-19(25)13-26-21(18)15-29/h4-7,12-13,17H,8-11,14-15H2,1-3H3,(H,27,31)(H,28,32). The van der Waals surface area contributed by atoms with Crippen molar-refractivity contribution in [3.05, 3.63) is 59.2 Å². The summed E-state index contributed by atoms with van der Waals surface area (Å²) in [6, 6.07) is 8.55. The van der Waals surface area contributed by atoms with Crippen LogP contribution in [0.15, 0.2) is 36.5 Å². The lowest BCUT2D eigenvalue weighted by molar-refractivity contribution is 0.0566. The first kappa shape index (κ1) is 25.8. The van der Waals surface area contributed by atoms with Crippen LogP contribution in [0.2, 0.25) is 0 Å². The van der Waals surface area contributed by atoms with Crippen LogP contribution >= 0.6 is 0 Å². The molecule has 2 N–H and O–H groups in total. The minimum absolute atomic E-state index is 0.150. The molecular weight excluding hydrogens is 489 g/mol. The largest absolute Gasteiger partial charge is 0.443 e. The van der Waals surface area contributed by atoms with E-state index in [1.54, 1.807) is 25.7 Å². The van der Waals surface area contributed by atoms with E-state index in [9.17, 15) is 22.4 Å². The van der Waals surface area contributed by atoms with Crippen LogP contribution in [0.25, 0.3) is 0 Å².